The lowest BCUT2D eigenvalue weighted by atomic mass is 9.88. The van der Waals surface area contributed by atoms with Crippen molar-refractivity contribution in [3.05, 3.63) is 195 Å². The number of benzene rings is 7. The van der Waals surface area contributed by atoms with Crippen LogP contribution in [0.2, 0.25) is 0 Å². The predicted molar refractivity (Wildman–Crippen MR) is 208 cm³/mol. The lowest BCUT2D eigenvalue weighted by molar-refractivity contribution is -0.878. The van der Waals surface area contributed by atoms with Crippen LogP contribution in [0, 0.1) is 12.5 Å². The summed E-state index contributed by atoms with van der Waals surface area (Å²) in [4.78, 5) is 6.34. The van der Waals surface area contributed by atoms with Crippen molar-refractivity contribution in [3.63, 3.8) is 0 Å². The molecular weight excluding hydrogens is 651 g/mol. The summed E-state index contributed by atoms with van der Waals surface area (Å²) in [5.74, 6) is 0.816. The van der Waals surface area contributed by atoms with Gasteiger partial charge in [-0.05, 0) is 62.7 Å². The molecule has 0 spiro atoms. The van der Waals surface area contributed by atoms with Gasteiger partial charge in [-0.25, -0.2) is 4.84 Å². The molecule has 53 heavy (non-hydrogen) atoms. The number of phenolic OH excluding ortho intramolecular Hbond substituents is 1. The van der Waals surface area contributed by atoms with E-state index in [0.717, 1.165) is 61.4 Å². The summed E-state index contributed by atoms with van der Waals surface area (Å²) < 4.78 is 5.92. The Kier molecular flexibility index (Phi) is 7.22. The molecule has 0 unspecified atom stereocenters. The maximum Gasteiger partial charge on any atom is 0.269 e. The molecule has 9 aromatic rings. The molecule has 2 aromatic heterocycles. The van der Waals surface area contributed by atoms with Crippen LogP contribution >= 0.6 is 0 Å². The zero-order chi connectivity index (χ0) is 35.3. The van der Waals surface area contributed by atoms with Crippen molar-refractivity contribution in [1.82, 2.24) is 4.57 Å². The van der Waals surface area contributed by atoms with Crippen molar-refractivity contribution in [2.75, 3.05) is 0 Å². The van der Waals surface area contributed by atoms with Gasteiger partial charge in [0.2, 0.25) is 6.20 Å². The average Bonchev–Trinajstić information content (AvgIpc) is 3.62. The fraction of sp³-hybridized carbons (Fsp3) is 0. The van der Waals surface area contributed by atoms with Gasteiger partial charge in [-0.3, -0.25) is 9.13 Å². The zero-order valence-corrected chi connectivity index (χ0v) is 28.5. The maximum absolute atomic E-state index is 10.5. The van der Waals surface area contributed by atoms with E-state index in [1.807, 2.05) is 42.5 Å². The number of phenols is 1. The number of pyridine rings is 1. The molecule has 0 amide bonds. The molecule has 250 valence electrons. The molecule has 3 heterocycles. The molecule has 5 heteroatoms. The molecule has 0 saturated carbocycles. The van der Waals surface area contributed by atoms with E-state index in [0.29, 0.717) is 11.3 Å². The minimum atomic E-state index is 0.189. The number of hydrogen-bond acceptors (Lipinski definition) is 2. The molecule has 0 bridgehead atoms. The molecule has 1 N–H and O–H groups in total. The van der Waals surface area contributed by atoms with Gasteiger partial charge in [0.1, 0.15) is 6.20 Å². The van der Waals surface area contributed by atoms with Crippen LogP contribution in [0.4, 0.5) is 0 Å². The molecule has 0 radical (unpaired) electrons. The van der Waals surface area contributed by atoms with E-state index in [1.54, 1.807) is 23.1 Å². The summed E-state index contributed by atoms with van der Waals surface area (Å²) in [6.45, 7) is 0. The van der Waals surface area contributed by atoms with E-state index in [1.165, 1.54) is 11.1 Å². The van der Waals surface area contributed by atoms with Crippen LogP contribution in [-0.2, 0) is 0 Å². The number of imidazole rings is 1. The van der Waals surface area contributed by atoms with E-state index < -0.39 is 0 Å². The van der Waals surface area contributed by atoms with Gasteiger partial charge in [-0.2, -0.15) is 0 Å². The third kappa shape index (κ3) is 5.17. The quantitative estimate of drug-likeness (QED) is 0.145. The van der Waals surface area contributed by atoms with E-state index in [-0.39, 0.29) is 5.75 Å². The van der Waals surface area contributed by atoms with Crippen molar-refractivity contribution in [2.45, 2.75) is 0 Å². The Hall–Kier alpha value is -7.24. The summed E-state index contributed by atoms with van der Waals surface area (Å²) in [5, 5.41) is 10.5. The van der Waals surface area contributed by atoms with Gasteiger partial charge in [-0.15, -0.1) is 6.07 Å². The first-order chi connectivity index (χ1) is 26.2. The third-order valence-electron chi connectivity index (χ3n) is 9.94. The monoisotopic (exact) mass is 681 g/mol. The number of fused-ring (bicyclic) bond motifs is 7. The SMILES string of the molecule is Oc1ccccc1-c1[c-][n+](Oc2cccc(-n3[c-][n+]4c5c(cccc53)-c3ccccc3-c3ccccc3-c3cccc(-c5ccccc5)c3-4)c2)ccc1. The Balaban J connectivity index is 1.20. The summed E-state index contributed by atoms with van der Waals surface area (Å²) in [6, 6.07) is 60.1. The highest BCUT2D eigenvalue weighted by atomic mass is 16.7. The number of hydrogen-bond donors (Lipinski definition) is 1. The molecule has 1 aliphatic heterocycles. The highest BCUT2D eigenvalue weighted by molar-refractivity contribution is 6.01. The number of nitrogens with zero attached hydrogens (tertiary/aromatic N) is 3. The topological polar surface area (TPSA) is 42.2 Å². The largest absolute Gasteiger partial charge is 0.517 e. The average molecular weight is 682 g/mol. The van der Waals surface area contributed by atoms with Gasteiger partial charge < -0.3 is 5.11 Å². The second-order valence-corrected chi connectivity index (χ2v) is 13.1. The molecule has 10 rings (SSSR count). The van der Waals surface area contributed by atoms with Crippen LogP contribution in [0.25, 0.3) is 78.0 Å². The maximum atomic E-state index is 10.5. The predicted octanol–water partition coefficient (Wildman–Crippen LogP) is 9.99. The summed E-state index contributed by atoms with van der Waals surface area (Å²) in [7, 11) is 0. The van der Waals surface area contributed by atoms with Crippen molar-refractivity contribution >= 4 is 11.0 Å². The Morgan fingerprint density at radius 2 is 1.11 bits per heavy atom. The second-order valence-electron chi connectivity index (χ2n) is 13.1. The second kappa shape index (κ2) is 12.5. The van der Waals surface area contributed by atoms with Gasteiger partial charge in [0.25, 0.3) is 6.33 Å². The van der Waals surface area contributed by atoms with E-state index in [4.69, 9.17) is 4.84 Å². The van der Waals surface area contributed by atoms with Crippen LogP contribution in [-0.4, -0.2) is 9.67 Å². The first-order valence-electron chi connectivity index (χ1n) is 17.6. The van der Waals surface area contributed by atoms with Gasteiger partial charge in [-0.1, -0.05) is 161 Å². The van der Waals surface area contributed by atoms with Gasteiger partial charge >= 0.3 is 0 Å². The smallest absolute Gasteiger partial charge is 0.269 e. The first-order valence-corrected chi connectivity index (χ1v) is 17.6. The lowest BCUT2D eigenvalue weighted by Gasteiger charge is -2.18. The number of aromatic hydroxyl groups is 1. The molecular formula is C48H31N3O2. The van der Waals surface area contributed by atoms with Crippen molar-refractivity contribution < 1.29 is 19.2 Å². The van der Waals surface area contributed by atoms with Crippen molar-refractivity contribution in [2.24, 2.45) is 0 Å². The Bertz CT molecular complexity index is 2840. The molecule has 0 aliphatic carbocycles. The van der Waals surface area contributed by atoms with Crippen LogP contribution in [0.5, 0.6) is 11.5 Å². The summed E-state index contributed by atoms with van der Waals surface area (Å²) in [5.41, 5.74) is 14.6. The van der Waals surface area contributed by atoms with E-state index in [2.05, 4.69) is 143 Å². The Morgan fingerprint density at radius 3 is 1.89 bits per heavy atom. The lowest BCUT2D eigenvalue weighted by Crippen LogP contribution is -2.39. The molecule has 5 nitrogen and oxygen atoms in total. The first kappa shape index (κ1) is 30.6. The molecule has 1 aliphatic rings. The summed E-state index contributed by atoms with van der Waals surface area (Å²) in [6.07, 6.45) is 8.88. The Labute approximate surface area is 307 Å². The minimum Gasteiger partial charge on any atom is -0.517 e. The highest BCUT2D eigenvalue weighted by Gasteiger charge is 2.26. The van der Waals surface area contributed by atoms with Gasteiger partial charge in [0, 0.05) is 6.07 Å². The number of aromatic nitrogens is 3. The number of rotatable bonds is 5. The fourth-order valence-electron chi connectivity index (χ4n) is 7.59. The standard InChI is InChI=1S/C48H31N3O2/c52-46-28-9-8-19-37(46)34-16-13-29-49(31-34)53-36-18-10-17-35(30-36)50-32-51-47-38(33-14-2-1-3-15-33)24-11-25-43(47)41-22-6-4-20-39(41)40-21-5-7-23-42(40)44-26-12-27-45(50)48(44)51/h1-30,52H. The van der Waals surface area contributed by atoms with E-state index >= 15 is 0 Å². The van der Waals surface area contributed by atoms with Crippen LogP contribution < -0.4 is 14.1 Å². The van der Waals surface area contributed by atoms with Crippen LogP contribution in [0.15, 0.2) is 182 Å². The van der Waals surface area contributed by atoms with Crippen molar-refractivity contribution in [3.8, 4) is 78.5 Å². The highest BCUT2D eigenvalue weighted by Crippen LogP contribution is 2.44. The Morgan fingerprint density at radius 1 is 0.509 bits per heavy atom. The van der Waals surface area contributed by atoms with Crippen molar-refractivity contribution in [1.29, 1.82) is 0 Å². The third-order valence-corrected chi connectivity index (χ3v) is 9.94. The molecule has 0 fully saturated rings. The van der Waals surface area contributed by atoms with Crippen LogP contribution in [0.3, 0.4) is 0 Å². The zero-order valence-electron chi connectivity index (χ0n) is 28.5. The van der Waals surface area contributed by atoms with E-state index in [9.17, 15) is 5.11 Å². The number of para-hydroxylation sites is 3. The van der Waals surface area contributed by atoms with Gasteiger partial charge in [0.15, 0.2) is 5.75 Å². The molecule has 0 saturated heterocycles. The minimum absolute atomic E-state index is 0.189. The normalized spacial score (nSPS) is 11.5. The summed E-state index contributed by atoms with van der Waals surface area (Å²) >= 11 is 0. The molecule has 7 aromatic carbocycles. The fourth-order valence-corrected chi connectivity index (χ4v) is 7.59. The molecule has 0 atom stereocenters. The van der Waals surface area contributed by atoms with Crippen LogP contribution in [0.1, 0.15) is 0 Å². The van der Waals surface area contributed by atoms with Gasteiger partial charge in [0.05, 0.1) is 28.2 Å².